The zero-order chi connectivity index (χ0) is 8.85. The van der Waals surface area contributed by atoms with Crippen LogP contribution in [0, 0.1) is 0 Å². The summed E-state index contributed by atoms with van der Waals surface area (Å²) in [6.45, 7) is 2.09. The minimum atomic E-state index is -0.314. The van der Waals surface area contributed by atoms with Crippen LogP contribution in [0.5, 0.6) is 0 Å². The van der Waals surface area contributed by atoms with Crippen LogP contribution in [-0.4, -0.2) is 23.5 Å². The Hall–Kier alpha value is -0.220. The van der Waals surface area contributed by atoms with Gasteiger partial charge in [0.25, 0.3) is 0 Å². The normalized spacial score (nSPS) is 15.9. The Kier molecular flexibility index (Phi) is 5.32. The van der Waals surface area contributed by atoms with Crippen LogP contribution >= 0.6 is 11.8 Å². The molecule has 0 saturated heterocycles. The van der Waals surface area contributed by atoms with E-state index in [0.29, 0.717) is 11.7 Å². The van der Waals surface area contributed by atoms with Crippen LogP contribution in [-0.2, 0) is 4.79 Å². The molecule has 0 aromatic heterocycles. The number of hydrogen-bond acceptors (Lipinski definition) is 3. The Labute approximate surface area is 71.9 Å². The number of nitrogens with two attached hydrogens (primary N) is 2. The van der Waals surface area contributed by atoms with Gasteiger partial charge in [-0.15, -0.1) is 0 Å². The van der Waals surface area contributed by atoms with Crippen molar-refractivity contribution in [2.45, 2.75) is 31.1 Å². The molecule has 0 aromatic carbocycles. The molecule has 1 amide bonds. The maximum Gasteiger partial charge on any atom is 0.218 e. The molecule has 2 unspecified atom stereocenters. The second-order valence-electron chi connectivity index (χ2n) is 2.71. The first-order valence-corrected chi connectivity index (χ1v) is 4.91. The van der Waals surface area contributed by atoms with E-state index in [1.54, 1.807) is 11.8 Å². The van der Waals surface area contributed by atoms with Crippen LogP contribution in [0.2, 0.25) is 0 Å². The first-order valence-electron chi connectivity index (χ1n) is 3.63. The molecule has 0 saturated carbocycles. The predicted octanol–water partition coefficient (Wildman–Crippen LogP) is 0.331. The van der Waals surface area contributed by atoms with E-state index in [4.69, 9.17) is 11.5 Å². The van der Waals surface area contributed by atoms with Gasteiger partial charge in [-0.05, 0) is 12.7 Å². The van der Waals surface area contributed by atoms with E-state index in [0.717, 1.165) is 6.42 Å². The van der Waals surface area contributed by atoms with Crippen molar-refractivity contribution in [2.75, 3.05) is 6.26 Å². The molecule has 0 rings (SSSR count). The molecule has 2 atom stereocenters. The van der Waals surface area contributed by atoms with Crippen molar-refractivity contribution in [3.63, 3.8) is 0 Å². The second kappa shape index (κ2) is 5.43. The SMILES string of the molecule is CSC(C)CC(N)CC(N)=O. The lowest BCUT2D eigenvalue weighted by Gasteiger charge is -2.13. The fourth-order valence-corrected chi connectivity index (χ4v) is 1.30. The Morgan fingerprint density at radius 2 is 2.18 bits per heavy atom. The summed E-state index contributed by atoms with van der Waals surface area (Å²) in [5.41, 5.74) is 10.6. The largest absolute Gasteiger partial charge is 0.370 e. The van der Waals surface area contributed by atoms with E-state index >= 15 is 0 Å². The van der Waals surface area contributed by atoms with Crippen LogP contribution < -0.4 is 11.5 Å². The van der Waals surface area contributed by atoms with Crippen molar-refractivity contribution < 1.29 is 4.79 Å². The highest BCUT2D eigenvalue weighted by molar-refractivity contribution is 7.99. The van der Waals surface area contributed by atoms with E-state index in [9.17, 15) is 4.79 Å². The molecular weight excluding hydrogens is 160 g/mol. The molecule has 0 aromatic rings. The van der Waals surface area contributed by atoms with Crippen molar-refractivity contribution >= 4 is 17.7 Å². The van der Waals surface area contributed by atoms with Crippen molar-refractivity contribution in [1.29, 1.82) is 0 Å². The lowest BCUT2D eigenvalue weighted by Crippen LogP contribution is -2.29. The summed E-state index contributed by atoms with van der Waals surface area (Å²) >= 11 is 1.75. The van der Waals surface area contributed by atoms with Crippen LogP contribution in [0.25, 0.3) is 0 Å². The van der Waals surface area contributed by atoms with Gasteiger partial charge in [0.1, 0.15) is 0 Å². The van der Waals surface area contributed by atoms with Gasteiger partial charge in [-0.2, -0.15) is 11.8 Å². The van der Waals surface area contributed by atoms with Crippen LogP contribution in [0.3, 0.4) is 0 Å². The maximum atomic E-state index is 10.4. The van der Waals surface area contributed by atoms with E-state index in [2.05, 4.69) is 6.92 Å². The Bertz CT molecular complexity index is 130. The van der Waals surface area contributed by atoms with E-state index in [-0.39, 0.29) is 11.9 Å². The minimum Gasteiger partial charge on any atom is -0.370 e. The highest BCUT2D eigenvalue weighted by Crippen LogP contribution is 2.12. The zero-order valence-corrected chi connectivity index (χ0v) is 7.86. The number of carbonyl (C=O) groups excluding carboxylic acids is 1. The van der Waals surface area contributed by atoms with Crippen LogP contribution in [0.1, 0.15) is 19.8 Å². The highest BCUT2D eigenvalue weighted by Gasteiger charge is 2.09. The highest BCUT2D eigenvalue weighted by atomic mass is 32.2. The number of hydrogen-bond donors (Lipinski definition) is 2. The van der Waals surface area contributed by atoms with Gasteiger partial charge in [0, 0.05) is 17.7 Å². The molecule has 66 valence electrons. The summed E-state index contributed by atoms with van der Waals surface area (Å²) in [5, 5.41) is 0.504. The summed E-state index contributed by atoms with van der Waals surface area (Å²) in [7, 11) is 0. The number of amides is 1. The van der Waals surface area contributed by atoms with Crippen LogP contribution in [0.4, 0.5) is 0 Å². The van der Waals surface area contributed by atoms with E-state index < -0.39 is 0 Å². The molecule has 0 bridgehead atoms. The first kappa shape index (κ1) is 10.8. The Morgan fingerprint density at radius 3 is 2.55 bits per heavy atom. The van der Waals surface area contributed by atoms with Gasteiger partial charge >= 0.3 is 0 Å². The fourth-order valence-electron chi connectivity index (χ4n) is 0.864. The topological polar surface area (TPSA) is 69.1 Å². The summed E-state index contributed by atoms with van der Waals surface area (Å²) < 4.78 is 0. The quantitative estimate of drug-likeness (QED) is 0.634. The zero-order valence-electron chi connectivity index (χ0n) is 7.04. The average Bonchev–Trinajstić information content (AvgIpc) is 1.85. The molecule has 0 aliphatic rings. The number of rotatable bonds is 5. The summed E-state index contributed by atoms with van der Waals surface area (Å²) in [4.78, 5) is 10.4. The molecule has 0 radical (unpaired) electrons. The van der Waals surface area contributed by atoms with Crippen molar-refractivity contribution in [2.24, 2.45) is 11.5 Å². The second-order valence-corrected chi connectivity index (χ2v) is 3.99. The fraction of sp³-hybridized carbons (Fsp3) is 0.857. The van der Waals surface area contributed by atoms with Gasteiger partial charge in [0.05, 0.1) is 0 Å². The molecule has 4 heteroatoms. The molecule has 0 aliphatic heterocycles. The molecule has 11 heavy (non-hydrogen) atoms. The predicted molar refractivity (Wildman–Crippen MR) is 49.4 cm³/mol. The molecule has 0 fully saturated rings. The third-order valence-corrected chi connectivity index (χ3v) is 2.50. The molecular formula is C7H16N2OS. The van der Waals surface area contributed by atoms with E-state index in [1.807, 2.05) is 6.26 Å². The van der Waals surface area contributed by atoms with Gasteiger partial charge in [-0.1, -0.05) is 6.92 Å². The molecule has 0 aliphatic carbocycles. The summed E-state index contributed by atoms with van der Waals surface area (Å²) in [5.74, 6) is -0.314. The standard InChI is InChI=1S/C7H16N2OS/c1-5(11-2)3-6(8)4-7(9)10/h5-6H,3-4,8H2,1-2H3,(H2,9,10). The molecule has 0 heterocycles. The van der Waals surface area contributed by atoms with Gasteiger partial charge < -0.3 is 11.5 Å². The first-order chi connectivity index (χ1) is 5.06. The Morgan fingerprint density at radius 1 is 1.64 bits per heavy atom. The number of thioether (sulfide) groups is 1. The van der Waals surface area contributed by atoms with Gasteiger partial charge in [-0.25, -0.2) is 0 Å². The summed E-state index contributed by atoms with van der Waals surface area (Å²) in [6.07, 6.45) is 3.18. The van der Waals surface area contributed by atoms with Crippen molar-refractivity contribution in [3.8, 4) is 0 Å². The minimum absolute atomic E-state index is 0.0741. The lowest BCUT2D eigenvalue weighted by atomic mass is 10.1. The lowest BCUT2D eigenvalue weighted by molar-refractivity contribution is -0.118. The average molecular weight is 176 g/mol. The van der Waals surface area contributed by atoms with Gasteiger partial charge in [0.2, 0.25) is 5.91 Å². The number of carbonyl (C=O) groups is 1. The van der Waals surface area contributed by atoms with Crippen molar-refractivity contribution in [3.05, 3.63) is 0 Å². The third kappa shape index (κ3) is 6.19. The van der Waals surface area contributed by atoms with Gasteiger partial charge in [-0.3, -0.25) is 4.79 Å². The third-order valence-electron chi connectivity index (χ3n) is 1.50. The van der Waals surface area contributed by atoms with Crippen molar-refractivity contribution in [1.82, 2.24) is 0 Å². The van der Waals surface area contributed by atoms with Crippen LogP contribution in [0.15, 0.2) is 0 Å². The van der Waals surface area contributed by atoms with Gasteiger partial charge in [0.15, 0.2) is 0 Å². The number of primary amides is 1. The smallest absolute Gasteiger partial charge is 0.218 e. The molecule has 0 spiro atoms. The molecule has 3 nitrogen and oxygen atoms in total. The monoisotopic (exact) mass is 176 g/mol. The Balaban J connectivity index is 3.51. The maximum absolute atomic E-state index is 10.4. The molecule has 4 N–H and O–H groups in total. The van der Waals surface area contributed by atoms with E-state index in [1.165, 1.54) is 0 Å². The summed E-state index contributed by atoms with van der Waals surface area (Å²) in [6, 6.07) is -0.0741.